The number of carbonyl (C=O) groups is 1. The fourth-order valence-electron chi connectivity index (χ4n) is 4.86. The zero-order chi connectivity index (χ0) is 25.3. The van der Waals surface area contributed by atoms with Crippen LogP contribution in [0, 0.1) is 6.92 Å². The summed E-state index contributed by atoms with van der Waals surface area (Å²) < 4.78 is 8.39. The van der Waals surface area contributed by atoms with E-state index in [0.717, 1.165) is 29.8 Å². The van der Waals surface area contributed by atoms with Crippen LogP contribution in [0.15, 0.2) is 35.3 Å². The third kappa shape index (κ3) is 5.21. The molecule has 1 fully saturated rings. The molecule has 1 saturated heterocycles. The molecule has 0 aliphatic carbocycles. The number of carboxylic acid groups (broad SMARTS) is 1. The summed E-state index contributed by atoms with van der Waals surface area (Å²) in [7, 11) is 0. The maximum atomic E-state index is 13.4. The Bertz CT molecular complexity index is 1270. The molecule has 35 heavy (non-hydrogen) atoms. The Kier molecular flexibility index (Phi) is 7.19. The number of aromatic nitrogens is 4. The van der Waals surface area contributed by atoms with Crippen LogP contribution >= 0.6 is 11.6 Å². The van der Waals surface area contributed by atoms with E-state index in [0.29, 0.717) is 25.2 Å². The summed E-state index contributed by atoms with van der Waals surface area (Å²) in [5.74, 6) is 0.878. The largest absolute Gasteiger partial charge is 0.465 e. The monoisotopic (exact) mass is 501 g/mol. The molecule has 2 aromatic heterocycles. The van der Waals surface area contributed by atoms with Gasteiger partial charge in [0, 0.05) is 31.2 Å². The number of imidazole rings is 1. The highest BCUT2D eigenvalue weighted by atomic mass is 35.5. The van der Waals surface area contributed by atoms with Crippen molar-refractivity contribution in [2.45, 2.75) is 71.0 Å². The first-order valence-electron chi connectivity index (χ1n) is 11.9. The van der Waals surface area contributed by atoms with Crippen LogP contribution in [0.3, 0.4) is 0 Å². The Hall–Kier alpha value is -2.91. The van der Waals surface area contributed by atoms with Crippen LogP contribution in [0.1, 0.15) is 68.9 Å². The third-order valence-corrected chi connectivity index (χ3v) is 6.79. The van der Waals surface area contributed by atoms with Crippen LogP contribution in [-0.4, -0.2) is 54.0 Å². The van der Waals surface area contributed by atoms with Crippen LogP contribution in [0.5, 0.6) is 0 Å². The van der Waals surface area contributed by atoms with Gasteiger partial charge in [0.25, 0.3) is 5.56 Å². The maximum Gasteiger partial charge on any atom is 0.408 e. The van der Waals surface area contributed by atoms with Crippen molar-refractivity contribution in [2.24, 2.45) is 0 Å². The topological polar surface area (TPSA) is 102 Å². The summed E-state index contributed by atoms with van der Waals surface area (Å²) >= 11 is 6.51. The minimum Gasteiger partial charge on any atom is -0.465 e. The molecular weight excluding hydrogens is 470 g/mol. The standard InChI is InChI=1S/C25H32ClN5O4/c1-16-6-5-7-18(14-16)19(30(24(33)34)25(2,3)4)8-11-29-22(32)20-15-27-21(31(20)28-23(29)26)17-9-12-35-13-10-17/h5-7,14-15,17,19H,8-13H2,1-4H3,(H,33,34). The van der Waals surface area contributed by atoms with E-state index in [2.05, 4.69) is 10.1 Å². The molecule has 1 aliphatic heterocycles. The Labute approximate surface area is 209 Å². The number of amides is 1. The summed E-state index contributed by atoms with van der Waals surface area (Å²) in [5.41, 5.74) is 1.31. The summed E-state index contributed by atoms with van der Waals surface area (Å²) in [6.07, 6.45) is 2.51. The zero-order valence-corrected chi connectivity index (χ0v) is 21.3. The Morgan fingerprint density at radius 1 is 1.31 bits per heavy atom. The number of fused-ring (bicyclic) bond motifs is 1. The van der Waals surface area contributed by atoms with Crippen LogP contribution in [0.2, 0.25) is 5.28 Å². The molecular formula is C25H32ClN5O4. The lowest BCUT2D eigenvalue weighted by Gasteiger charge is -2.40. The van der Waals surface area contributed by atoms with E-state index in [9.17, 15) is 14.7 Å². The molecule has 1 unspecified atom stereocenters. The van der Waals surface area contributed by atoms with Crippen molar-refractivity contribution in [3.05, 3.63) is 63.1 Å². The van der Waals surface area contributed by atoms with Crippen molar-refractivity contribution in [1.29, 1.82) is 0 Å². The molecule has 0 bridgehead atoms. The van der Waals surface area contributed by atoms with Gasteiger partial charge in [0.2, 0.25) is 5.28 Å². The van der Waals surface area contributed by atoms with Gasteiger partial charge in [0.15, 0.2) is 5.52 Å². The SMILES string of the molecule is Cc1cccc(C(CCn2c(Cl)nn3c(C4CCOCC4)ncc3c2=O)N(C(=O)O)C(C)(C)C)c1. The summed E-state index contributed by atoms with van der Waals surface area (Å²) in [5, 5.41) is 14.6. The lowest BCUT2D eigenvalue weighted by Crippen LogP contribution is -2.47. The Morgan fingerprint density at radius 2 is 2.03 bits per heavy atom. The maximum absolute atomic E-state index is 13.4. The molecule has 1 atom stereocenters. The number of hydrogen-bond donors (Lipinski definition) is 1. The number of rotatable bonds is 6. The van der Waals surface area contributed by atoms with Crippen molar-refractivity contribution in [1.82, 2.24) is 24.1 Å². The second-order valence-corrected chi connectivity index (χ2v) is 10.4. The van der Waals surface area contributed by atoms with Gasteiger partial charge >= 0.3 is 6.09 Å². The molecule has 1 amide bonds. The predicted octanol–water partition coefficient (Wildman–Crippen LogP) is 4.66. The van der Waals surface area contributed by atoms with Gasteiger partial charge in [-0.1, -0.05) is 29.8 Å². The first-order chi connectivity index (χ1) is 16.6. The minimum atomic E-state index is -1.02. The van der Waals surface area contributed by atoms with Crippen molar-refractivity contribution in [3.63, 3.8) is 0 Å². The van der Waals surface area contributed by atoms with Crippen LogP contribution in [0.25, 0.3) is 5.52 Å². The summed E-state index contributed by atoms with van der Waals surface area (Å²) in [6, 6.07) is 7.31. The molecule has 0 radical (unpaired) electrons. The van der Waals surface area contributed by atoms with Gasteiger partial charge in [-0.25, -0.2) is 14.3 Å². The van der Waals surface area contributed by atoms with E-state index < -0.39 is 17.7 Å². The van der Waals surface area contributed by atoms with E-state index in [4.69, 9.17) is 16.3 Å². The number of hydrogen-bond acceptors (Lipinski definition) is 5. The summed E-state index contributed by atoms with van der Waals surface area (Å²) in [6.45, 7) is 9.06. The van der Waals surface area contributed by atoms with Gasteiger partial charge in [0.05, 0.1) is 12.2 Å². The van der Waals surface area contributed by atoms with Gasteiger partial charge in [-0.05, 0) is 64.1 Å². The highest BCUT2D eigenvalue weighted by molar-refractivity contribution is 6.28. The molecule has 10 heteroatoms. The normalized spacial score (nSPS) is 15.9. The molecule has 188 valence electrons. The number of ether oxygens (including phenoxy) is 1. The highest BCUT2D eigenvalue weighted by Crippen LogP contribution is 2.32. The van der Waals surface area contributed by atoms with Crippen molar-refractivity contribution in [2.75, 3.05) is 13.2 Å². The number of nitrogens with zero attached hydrogens (tertiary/aromatic N) is 5. The number of halogens is 1. The van der Waals surface area contributed by atoms with Gasteiger partial charge in [0.1, 0.15) is 5.82 Å². The first-order valence-corrected chi connectivity index (χ1v) is 12.3. The molecule has 9 nitrogen and oxygen atoms in total. The molecule has 3 heterocycles. The average Bonchev–Trinajstić information content (AvgIpc) is 3.21. The van der Waals surface area contributed by atoms with Gasteiger partial charge in [-0.15, -0.1) is 5.10 Å². The Balaban J connectivity index is 1.69. The molecule has 1 N–H and O–H groups in total. The molecule has 3 aromatic rings. The van der Waals surface area contributed by atoms with Crippen molar-refractivity contribution >= 4 is 23.2 Å². The van der Waals surface area contributed by atoms with E-state index in [-0.39, 0.29) is 23.3 Å². The lowest BCUT2D eigenvalue weighted by atomic mass is 9.95. The van der Waals surface area contributed by atoms with Crippen LogP contribution in [-0.2, 0) is 11.3 Å². The van der Waals surface area contributed by atoms with E-state index in [1.54, 1.807) is 10.7 Å². The molecule has 0 saturated carbocycles. The minimum absolute atomic E-state index is 0.0504. The Morgan fingerprint density at radius 3 is 2.66 bits per heavy atom. The smallest absolute Gasteiger partial charge is 0.408 e. The molecule has 4 rings (SSSR count). The van der Waals surface area contributed by atoms with Crippen molar-refractivity contribution in [3.8, 4) is 0 Å². The van der Waals surface area contributed by atoms with E-state index in [1.165, 1.54) is 9.47 Å². The fourth-order valence-corrected chi connectivity index (χ4v) is 5.10. The summed E-state index contributed by atoms with van der Waals surface area (Å²) in [4.78, 5) is 31.6. The number of benzene rings is 1. The van der Waals surface area contributed by atoms with E-state index >= 15 is 0 Å². The average molecular weight is 502 g/mol. The second-order valence-electron chi connectivity index (χ2n) is 10.1. The number of aryl methyl sites for hydroxylation is 1. The molecule has 0 spiro atoms. The predicted molar refractivity (Wildman–Crippen MR) is 133 cm³/mol. The van der Waals surface area contributed by atoms with E-state index in [1.807, 2.05) is 52.0 Å². The van der Waals surface area contributed by atoms with Gasteiger partial charge in [-0.3, -0.25) is 14.3 Å². The zero-order valence-electron chi connectivity index (χ0n) is 20.6. The van der Waals surface area contributed by atoms with Crippen LogP contribution in [0.4, 0.5) is 4.79 Å². The molecule has 1 aliphatic rings. The first kappa shape index (κ1) is 25.2. The van der Waals surface area contributed by atoms with Gasteiger partial charge < -0.3 is 9.84 Å². The van der Waals surface area contributed by atoms with Gasteiger partial charge in [-0.2, -0.15) is 0 Å². The van der Waals surface area contributed by atoms with Crippen LogP contribution < -0.4 is 5.56 Å². The molecule has 1 aromatic carbocycles. The van der Waals surface area contributed by atoms with Crippen molar-refractivity contribution < 1.29 is 14.6 Å². The second kappa shape index (κ2) is 9.99. The third-order valence-electron chi connectivity index (χ3n) is 6.51. The quantitative estimate of drug-likeness (QED) is 0.527. The fraction of sp³-hybridized carbons (Fsp3) is 0.520. The highest BCUT2D eigenvalue weighted by Gasteiger charge is 2.34. The lowest BCUT2D eigenvalue weighted by molar-refractivity contribution is 0.0650.